The fourth-order valence-electron chi connectivity index (χ4n) is 5.91. The fourth-order valence-corrected chi connectivity index (χ4v) is 5.91. The third-order valence-corrected chi connectivity index (χ3v) is 8.11. The van der Waals surface area contributed by atoms with Crippen molar-refractivity contribution < 1.29 is 38.9 Å². The Morgan fingerprint density at radius 3 is 2.37 bits per heavy atom. The van der Waals surface area contributed by atoms with Crippen LogP contribution in [0.15, 0.2) is 54.6 Å². The van der Waals surface area contributed by atoms with Crippen LogP contribution in [0.1, 0.15) is 48.9 Å². The van der Waals surface area contributed by atoms with E-state index in [0.29, 0.717) is 23.8 Å². The molecule has 43 heavy (non-hydrogen) atoms. The van der Waals surface area contributed by atoms with Gasteiger partial charge in [-0.3, -0.25) is 24.1 Å². The van der Waals surface area contributed by atoms with Crippen LogP contribution in [0.25, 0.3) is 0 Å². The first kappa shape index (κ1) is 30.6. The highest BCUT2D eigenvalue weighted by Gasteiger charge is 2.40. The van der Waals surface area contributed by atoms with E-state index >= 15 is 0 Å². The van der Waals surface area contributed by atoms with Gasteiger partial charge in [-0.2, -0.15) is 0 Å². The van der Waals surface area contributed by atoms with Crippen LogP contribution in [0.5, 0.6) is 0 Å². The number of carbonyl (C=O) groups is 4. The summed E-state index contributed by atoms with van der Waals surface area (Å²) in [5.41, 5.74) is 0.904. The molecule has 0 radical (unpaired) electrons. The van der Waals surface area contributed by atoms with Crippen molar-refractivity contribution in [3.05, 3.63) is 60.2 Å². The highest BCUT2D eigenvalue weighted by Crippen LogP contribution is 2.33. The number of fused-ring (bicyclic) bond motifs is 1. The summed E-state index contributed by atoms with van der Waals surface area (Å²) in [5, 5.41) is 25.4. The Hall–Kier alpha value is -3.84. The highest BCUT2D eigenvalue weighted by atomic mass is 16.7. The molecular formula is C31H38N4O8. The normalized spacial score (nSPS) is 24.3. The van der Waals surface area contributed by atoms with Crippen molar-refractivity contribution in [2.45, 2.75) is 63.2 Å². The Bertz CT molecular complexity index is 1300. The molecule has 0 aromatic heterocycles. The maximum atomic E-state index is 13.9. The van der Waals surface area contributed by atoms with Crippen molar-refractivity contribution in [3.63, 3.8) is 0 Å². The van der Waals surface area contributed by atoms with Gasteiger partial charge in [-0.25, -0.2) is 0 Å². The summed E-state index contributed by atoms with van der Waals surface area (Å²) in [6.07, 6.45) is 3.86. The molecule has 2 unspecified atom stereocenters. The average molecular weight is 595 g/mol. The van der Waals surface area contributed by atoms with E-state index in [2.05, 4.69) is 10.6 Å². The number of aliphatic hydroxyl groups is 2. The molecule has 5 rings (SSSR count). The summed E-state index contributed by atoms with van der Waals surface area (Å²) < 4.78 is 11.5. The molecule has 12 nitrogen and oxygen atoms in total. The molecule has 4 amide bonds. The van der Waals surface area contributed by atoms with E-state index in [1.807, 2.05) is 0 Å². The first-order chi connectivity index (χ1) is 20.8. The summed E-state index contributed by atoms with van der Waals surface area (Å²) in [5.74, 6) is -1.92. The number of rotatable bonds is 9. The number of nitrogens with one attached hydrogen (secondary N) is 2. The minimum absolute atomic E-state index is 0.125. The van der Waals surface area contributed by atoms with Crippen LogP contribution in [-0.4, -0.2) is 84.8 Å². The lowest BCUT2D eigenvalue weighted by Gasteiger charge is -2.27. The van der Waals surface area contributed by atoms with Crippen molar-refractivity contribution in [2.24, 2.45) is 5.92 Å². The Morgan fingerprint density at radius 2 is 1.65 bits per heavy atom. The fraction of sp³-hybridized carbons (Fsp3) is 0.484. The van der Waals surface area contributed by atoms with E-state index in [4.69, 9.17) is 9.47 Å². The van der Waals surface area contributed by atoms with E-state index in [9.17, 15) is 29.4 Å². The molecule has 2 heterocycles. The van der Waals surface area contributed by atoms with Gasteiger partial charge in [0.1, 0.15) is 19.2 Å². The average Bonchev–Trinajstić information content (AvgIpc) is 3.33. The molecule has 0 spiro atoms. The van der Waals surface area contributed by atoms with Crippen LogP contribution < -0.4 is 20.4 Å². The minimum Gasteiger partial charge on any atom is -0.387 e. The first-order valence-electron chi connectivity index (χ1n) is 14.8. The Balaban J connectivity index is 1.34. The number of amides is 4. The van der Waals surface area contributed by atoms with Crippen molar-refractivity contribution >= 4 is 35.0 Å². The smallest absolute Gasteiger partial charge is 0.252 e. The van der Waals surface area contributed by atoms with Crippen LogP contribution in [0.4, 0.5) is 11.4 Å². The number of carbonyl (C=O) groups excluding carboxylic acids is 4. The molecule has 2 aliphatic heterocycles. The number of para-hydroxylation sites is 2. The zero-order chi connectivity index (χ0) is 30.3. The van der Waals surface area contributed by atoms with Gasteiger partial charge in [0.2, 0.25) is 5.91 Å². The third kappa shape index (κ3) is 7.39. The molecule has 2 aromatic carbocycles. The molecule has 1 saturated heterocycles. The molecule has 4 atom stereocenters. The summed E-state index contributed by atoms with van der Waals surface area (Å²) in [6.45, 7) is -1.02. The molecule has 2 aromatic rings. The zero-order valence-electron chi connectivity index (χ0n) is 23.9. The third-order valence-electron chi connectivity index (χ3n) is 8.11. The number of nitrogens with zero attached hydrogens (tertiary/aromatic N) is 2. The van der Waals surface area contributed by atoms with Gasteiger partial charge in [-0.15, -0.1) is 0 Å². The zero-order valence-corrected chi connectivity index (χ0v) is 23.9. The van der Waals surface area contributed by atoms with Gasteiger partial charge in [0, 0.05) is 12.0 Å². The van der Waals surface area contributed by atoms with Crippen molar-refractivity contribution in [3.8, 4) is 0 Å². The lowest BCUT2D eigenvalue weighted by Crippen LogP contribution is -2.55. The largest absolute Gasteiger partial charge is 0.387 e. The second-order valence-electron chi connectivity index (χ2n) is 11.2. The van der Waals surface area contributed by atoms with Crippen LogP contribution in [0, 0.1) is 5.92 Å². The molecule has 1 saturated carbocycles. The van der Waals surface area contributed by atoms with Crippen molar-refractivity contribution in [1.82, 2.24) is 10.6 Å². The SMILES string of the molecule is O=C(CN1C(=O)[C@@H](NC(=O)c2ccccc2)CN(C(=O)CO)c2ccccc21)N[C@H]1CC(O)OC1OCC1CCCCC1. The van der Waals surface area contributed by atoms with E-state index in [0.717, 1.165) is 25.7 Å². The summed E-state index contributed by atoms with van der Waals surface area (Å²) in [4.78, 5) is 55.6. The van der Waals surface area contributed by atoms with Gasteiger partial charge in [-0.1, -0.05) is 49.6 Å². The van der Waals surface area contributed by atoms with Gasteiger partial charge in [0.05, 0.1) is 30.6 Å². The van der Waals surface area contributed by atoms with E-state index < -0.39 is 61.4 Å². The minimum atomic E-state index is -1.22. The van der Waals surface area contributed by atoms with E-state index in [-0.39, 0.29) is 18.7 Å². The van der Waals surface area contributed by atoms with Gasteiger partial charge < -0.3 is 35.2 Å². The maximum absolute atomic E-state index is 13.9. The predicted octanol–water partition coefficient (Wildman–Crippen LogP) is 1.30. The summed E-state index contributed by atoms with van der Waals surface area (Å²) >= 11 is 0. The van der Waals surface area contributed by atoms with Gasteiger partial charge in [-0.05, 0) is 43.0 Å². The quantitative estimate of drug-likeness (QED) is 0.338. The first-order valence-corrected chi connectivity index (χ1v) is 14.8. The van der Waals surface area contributed by atoms with Crippen molar-refractivity contribution in [2.75, 3.05) is 36.1 Å². The number of ether oxygens (including phenoxy) is 2. The van der Waals surface area contributed by atoms with Gasteiger partial charge >= 0.3 is 0 Å². The Labute approximate surface area is 249 Å². The topological polar surface area (TPSA) is 158 Å². The second kappa shape index (κ2) is 14.1. The molecule has 4 N–H and O–H groups in total. The molecule has 12 heteroatoms. The molecular weight excluding hydrogens is 556 g/mol. The number of hydrogen-bond acceptors (Lipinski definition) is 8. The highest BCUT2D eigenvalue weighted by molar-refractivity contribution is 6.11. The summed E-state index contributed by atoms with van der Waals surface area (Å²) in [7, 11) is 0. The molecule has 1 aliphatic carbocycles. The van der Waals surface area contributed by atoms with Crippen LogP contribution in [0.3, 0.4) is 0 Å². The number of anilines is 2. The Kier molecular flexibility index (Phi) is 10.0. The molecule has 2 fully saturated rings. The number of aliphatic hydroxyl groups excluding tert-OH is 2. The van der Waals surface area contributed by atoms with Crippen LogP contribution in [-0.2, 0) is 23.9 Å². The number of hydrogen-bond donors (Lipinski definition) is 4. The Morgan fingerprint density at radius 1 is 0.953 bits per heavy atom. The number of benzene rings is 2. The molecule has 0 bridgehead atoms. The van der Waals surface area contributed by atoms with E-state index in [1.165, 1.54) is 16.2 Å². The van der Waals surface area contributed by atoms with Crippen molar-refractivity contribution in [1.29, 1.82) is 0 Å². The second-order valence-corrected chi connectivity index (χ2v) is 11.2. The van der Waals surface area contributed by atoms with E-state index in [1.54, 1.807) is 54.6 Å². The molecule has 3 aliphatic rings. The standard InChI is InChI=1S/C31H38N4O8/c36-18-27(38)34-16-23(33-29(40)21-11-5-2-6-12-21)30(41)35(25-14-8-7-13-24(25)34)17-26(37)32-22-15-28(39)43-31(22)42-19-20-9-3-1-4-10-20/h2,5-8,11-14,20,22-23,28,31,36,39H,1,3-4,9-10,15-19H2,(H,32,37)(H,33,40)/t22-,23-,28?,31?/m0/s1. The monoisotopic (exact) mass is 594 g/mol. The lowest BCUT2D eigenvalue weighted by molar-refractivity contribution is -0.195. The lowest BCUT2D eigenvalue weighted by atomic mass is 9.90. The maximum Gasteiger partial charge on any atom is 0.252 e. The van der Waals surface area contributed by atoms with Crippen LogP contribution in [0.2, 0.25) is 0 Å². The summed E-state index contributed by atoms with van der Waals surface area (Å²) in [6, 6.07) is 13.0. The van der Waals surface area contributed by atoms with Gasteiger partial charge in [0.15, 0.2) is 12.6 Å². The van der Waals surface area contributed by atoms with Gasteiger partial charge in [0.25, 0.3) is 17.7 Å². The van der Waals surface area contributed by atoms with Crippen LogP contribution >= 0.6 is 0 Å². The molecule has 230 valence electrons. The predicted molar refractivity (Wildman–Crippen MR) is 156 cm³/mol.